The van der Waals surface area contributed by atoms with Crippen molar-refractivity contribution in [2.24, 2.45) is 0 Å². The highest BCUT2D eigenvalue weighted by molar-refractivity contribution is 14.1. The number of halogens is 1. The second-order valence-electron chi connectivity index (χ2n) is 7.54. The van der Waals surface area contributed by atoms with Gasteiger partial charge in [-0.05, 0) is 49.4 Å². The van der Waals surface area contributed by atoms with Crippen LogP contribution >= 0.6 is 22.6 Å². The van der Waals surface area contributed by atoms with Gasteiger partial charge in [-0.25, -0.2) is 4.79 Å². The largest absolute Gasteiger partial charge is 0.472 e. The third kappa shape index (κ3) is 5.35. The molecular weight excluding hydrogens is 449 g/mol. The van der Waals surface area contributed by atoms with Crippen LogP contribution in [0, 0.1) is 3.57 Å². The minimum atomic E-state index is -0.486. The zero-order valence-corrected chi connectivity index (χ0v) is 17.7. The van der Waals surface area contributed by atoms with Gasteiger partial charge in [0.05, 0.1) is 19.8 Å². The molecule has 1 aromatic rings. The van der Waals surface area contributed by atoms with Gasteiger partial charge in [-0.15, -0.1) is 0 Å². The number of ether oxygens (including phenoxy) is 3. The number of hydrogen-bond acceptors (Lipinski definition) is 6. The second kappa shape index (κ2) is 8.16. The molecule has 0 aromatic carbocycles. The first kappa shape index (κ1) is 19.5. The Labute approximate surface area is 168 Å². The van der Waals surface area contributed by atoms with Crippen molar-refractivity contribution in [1.82, 2.24) is 9.88 Å². The number of hydrogen-bond donors (Lipinski definition) is 0. The van der Waals surface area contributed by atoms with Crippen LogP contribution in [-0.2, 0) is 9.47 Å². The normalized spacial score (nSPS) is 21.0. The number of amides is 1. The van der Waals surface area contributed by atoms with Crippen molar-refractivity contribution in [3.63, 3.8) is 0 Å². The lowest BCUT2D eigenvalue weighted by Crippen LogP contribution is -2.37. The Morgan fingerprint density at radius 2 is 2.00 bits per heavy atom. The lowest BCUT2D eigenvalue weighted by molar-refractivity contribution is 0.0275. The van der Waals surface area contributed by atoms with Crippen molar-refractivity contribution in [2.75, 3.05) is 44.3 Å². The maximum atomic E-state index is 12.2. The fraction of sp³-hybridized carbons (Fsp3) is 0.667. The molecule has 0 unspecified atom stereocenters. The summed E-state index contributed by atoms with van der Waals surface area (Å²) < 4.78 is 18.0. The predicted molar refractivity (Wildman–Crippen MR) is 107 cm³/mol. The first-order valence-electron chi connectivity index (χ1n) is 8.95. The molecule has 0 bridgehead atoms. The van der Waals surface area contributed by atoms with Crippen molar-refractivity contribution in [3.05, 3.63) is 15.7 Å². The van der Waals surface area contributed by atoms with Gasteiger partial charge >= 0.3 is 6.09 Å². The van der Waals surface area contributed by atoms with Crippen molar-refractivity contribution in [2.45, 2.75) is 38.9 Å². The molecule has 0 N–H and O–H groups in total. The Kier molecular flexibility index (Phi) is 6.11. The molecule has 3 heterocycles. The van der Waals surface area contributed by atoms with E-state index in [2.05, 4.69) is 38.5 Å². The summed E-state index contributed by atoms with van der Waals surface area (Å²) in [6.07, 6.45) is 0.429. The average molecular weight is 475 g/mol. The Morgan fingerprint density at radius 1 is 1.27 bits per heavy atom. The summed E-state index contributed by atoms with van der Waals surface area (Å²) in [5.74, 6) is 1.52. The molecule has 7 nitrogen and oxygen atoms in total. The van der Waals surface area contributed by atoms with Gasteiger partial charge in [0.1, 0.15) is 17.5 Å². The summed E-state index contributed by atoms with van der Waals surface area (Å²) in [6, 6.07) is 3.99. The van der Waals surface area contributed by atoms with Crippen molar-refractivity contribution < 1.29 is 19.0 Å². The van der Waals surface area contributed by atoms with E-state index in [0.717, 1.165) is 42.1 Å². The van der Waals surface area contributed by atoms with Gasteiger partial charge in [-0.1, -0.05) is 0 Å². The average Bonchev–Trinajstić information content (AvgIpc) is 3.02. The van der Waals surface area contributed by atoms with E-state index in [1.54, 1.807) is 4.90 Å². The van der Waals surface area contributed by atoms with Gasteiger partial charge in [0.25, 0.3) is 0 Å². The molecule has 8 heteroatoms. The standard InChI is InChI=1S/C18H26IN3O4/c1-18(2,3)26-17(23)22-5-4-14(12-22)25-16-11-13(19)10-15(20-16)21-6-8-24-9-7-21/h10-11,14H,4-9,12H2,1-3H3/t14-/m1/s1. The van der Waals surface area contributed by atoms with Crippen LogP contribution in [0.2, 0.25) is 0 Å². The summed E-state index contributed by atoms with van der Waals surface area (Å²) in [4.78, 5) is 20.8. The predicted octanol–water partition coefficient (Wildman–Crippen LogP) is 2.91. The summed E-state index contributed by atoms with van der Waals surface area (Å²) in [5, 5.41) is 0. The van der Waals surface area contributed by atoms with Gasteiger partial charge in [-0.2, -0.15) is 4.98 Å². The highest BCUT2D eigenvalue weighted by atomic mass is 127. The molecule has 2 aliphatic heterocycles. The lowest BCUT2D eigenvalue weighted by Gasteiger charge is -2.28. The van der Waals surface area contributed by atoms with Gasteiger partial charge < -0.3 is 24.0 Å². The highest BCUT2D eigenvalue weighted by Gasteiger charge is 2.31. The molecule has 0 aliphatic carbocycles. The Hall–Kier alpha value is -1.29. The number of likely N-dealkylation sites (tertiary alicyclic amines) is 1. The minimum Gasteiger partial charge on any atom is -0.472 e. The number of nitrogens with zero attached hydrogens (tertiary/aromatic N) is 3. The molecule has 1 atom stereocenters. The smallest absolute Gasteiger partial charge is 0.410 e. The van der Waals surface area contributed by atoms with E-state index >= 15 is 0 Å². The van der Waals surface area contributed by atoms with E-state index in [-0.39, 0.29) is 12.2 Å². The Balaban J connectivity index is 1.61. The number of carbonyl (C=O) groups excluding carboxylic acids is 1. The fourth-order valence-corrected chi connectivity index (χ4v) is 3.51. The molecule has 3 rings (SSSR count). The summed E-state index contributed by atoms with van der Waals surface area (Å²) >= 11 is 2.28. The third-order valence-corrected chi connectivity index (χ3v) is 4.80. The van der Waals surface area contributed by atoms with E-state index in [1.165, 1.54) is 0 Å². The van der Waals surface area contributed by atoms with Crippen LogP contribution in [0.4, 0.5) is 10.6 Å². The van der Waals surface area contributed by atoms with Crippen LogP contribution in [0.3, 0.4) is 0 Å². The summed E-state index contributed by atoms with van der Waals surface area (Å²) in [7, 11) is 0. The monoisotopic (exact) mass is 475 g/mol. The van der Waals surface area contributed by atoms with E-state index in [9.17, 15) is 4.79 Å². The van der Waals surface area contributed by atoms with Crippen molar-refractivity contribution in [3.8, 4) is 5.88 Å². The maximum absolute atomic E-state index is 12.2. The van der Waals surface area contributed by atoms with Crippen molar-refractivity contribution >= 4 is 34.5 Å². The van der Waals surface area contributed by atoms with E-state index in [4.69, 9.17) is 14.2 Å². The lowest BCUT2D eigenvalue weighted by atomic mass is 10.2. The zero-order chi connectivity index (χ0) is 18.7. The highest BCUT2D eigenvalue weighted by Crippen LogP contribution is 2.25. The molecule has 26 heavy (non-hydrogen) atoms. The molecule has 2 saturated heterocycles. The maximum Gasteiger partial charge on any atom is 0.410 e. The third-order valence-electron chi connectivity index (χ3n) is 4.17. The summed E-state index contributed by atoms with van der Waals surface area (Å²) in [6.45, 7) is 9.89. The van der Waals surface area contributed by atoms with E-state index in [1.807, 2.05) is 26.8 Å². The first-order chi connectivity index (χ1) is 12.3. The number of morpholine rings is 1. The number of rotatable bonds is 3. The number of pyridine rings is 1. The SMILES string of the molecule is CC(C)(C)OC(=O)N1CC[C@@H](Oc2cc(I)cc(N3CCOCC3)n2)C1. The van der Waals surface area contributed by atoms with Crippen molar-refractivity contribution in [1.29, 1.82) is 0 Å². The van der Waals surface area contributed by atoms with Crippen LogP contribution in [0.1, 0.15) is 27.2 Å². The number of anilines is 1. The zero-order valence-electron chi connectivity index (χ0n) is 15.5. The topological polar surface area (TPSA) is 64.1 Å². The van der Waals surface area contributed by atoms with Crippen LogP contribution in [0.15, 0.2) is 12.1 Å². The van der Waals surface area contributed by atoms with Gasteiger partial charge in [0.15, 0.2) is 0 Å². The molecule has 1 aromatic heterocycles. The Morgan fingerprint density at radius 3 is 2.69 bits per heavy atom. The molecule has 0 saturated carbocycles. The quantitative estimate of drug-likeness (QED) is 0.627. The molecule has 144 valence electrons. The minimum absolute atomic E-state index is 0.0641. The summed E-state index contributed by atoms with van der Waals surface area (Å²) in [5.41, 5.74) is -0.486. The second-order valence-corrected chi connectivity index (χ2v) is 8.78. The fourth-order valence-electron chi connectivity index (χ4n) is 2.96. The Bertz CT molecular complexity index is 644. The van der Waals surface area contributed by atoms with Gasteiger partial charge in [0, 0.05) is 35.7 Å². The van der Waals surface area contributed by atoms with E-state index < -0.39 is 5.60 Å². The molecular formula is C18H26IN3O4. The van der Waals surface area contributed by atoms with Gasteiger partial charge in [0.2, 0.25) is 5.88 Å². The number of carbonyl (C=O) groups is 1. The first-order valence-corrected chi connectivity index (χ1v) is 10.0. The van der Waals surface area contributed by atoms with Crippen LogP contribution in [-0.4, -0.2) is 67.1 Å². The van der Waals surface area contributed by atoms with Crippen LogP contribution in [0.25, 0.3) is 0 Å². The van der Waals surface area contributed by atoms with E-state index in [0.29, 0.717) is 19.0 Å². The van der Waals surface area contributed by atoms with Crippen LogP contribution < -0.4 is 9.64 Å². The van der Waals surface area contributed by atoms with Crippen LogP contribution in [0.5, 0.6) is 5.88 Å². The van der Waals surface area contributed by atoms with Gasteiger partial charge in [-0.3, -0.25) is 0 Å². The number of aromatic nitrogens is 1. The molecule has 2 aliphatic rings. The molecule has 0 spiro atoms. The molecule has 2 fully saturated rings. The molecule has 1 amide bonds. The molecule has 0 radical (unpaired) electrons.